The van der Waals surface area contributed by atoms with Crippen LogP contribution >= 0.6 is 0 Å². The third kappa shape index (κ3) is 2.02. The van der Waals surface area contributed by atoms with E-state index in [0.717, 1.165) is 38.6 Å². The molecule has 2 aliphatic rings. The molecule has 3 heteroatoms. The minimum absolute atomic E-state index is 0.387. The van der Waals surface area contributed by atoms with Gasteiger partial charge in [0.2, 0.25) is 0 Å². The fourth-order valence-corrected chi connectivity index (χ4v) is 2.14. The summed E-state index contributed by atoms with van der Waals surface area (Å²) in [6.45, 7) is 3.81. The van der Waals surface area contributed by atoms with Crippen molar-refractivity contribution in [1.29, 1.82) is 5.41 Å². The highest BCUT2D eigenvalue weighted by atomic mass is 16.5. The lowest BCUT2D eigenvalue weighted by Gasteiger charge is -2.31. The van der Waals surface area contributed by atoms with Crippen molar-refractivity contribution in [2.75, 3.05) is 26.3 Å². The van der Waals surface area contributed by atoms with Gasteiger partial charge in [0.25, 0.3) is 0 Å². The average Bonchev–Trinajstić information content (AvgIpc) is 2.71. The molecule has 2 heterocycles. The van der Waals surface area contributed by atoms with Crippen molar-refractivity contribution in [3.8, 4) is 0 Å². The van der Waals surface area contributed by atoms with Crippen molar-refractivity contribution in [3.63, 3.8) is 0 Å². The quantitative estimate of drug-likeness (QED) is 0.492. The summed E-state index contributed by atoms with van der Waals surface area (Å²) < 4.78 is 5.30. The summed E-state index contributed by atoms with van der Waals surface area (Å²) in [6, 6.07) is 0. The summed E-state index contributed by atoms with van der Waals surface area (Å²) in [4.78, 5) is 2.24. The van der Waals surface area contributed by atoms with Gasteiger partial charge in [-0.25, -0.2) is 0 Å². The Morgan fingerprint density at radius 3 is 2.62 bits per heavy atom. The molecule has 0 amide bonds. The van der Waals surface area contributed by atoms with Crippen molar-refractivity contribution >= 4 is 5.84 Å². The highest BCUT2D eigenvalue weighted by Gasteiger charge is 2.25. The predicted molar refractivity (Wildman–Crippen MR) is 52.1 cm³/mol. The van der Waals surface area contributed by atoms with Gasteiger partial charge in [-0.15, -0.1) is 0 Å². The van der Waals surface area contributed by atoms with Gasteiger partial charge in [-0.3, -0.25) is 5.41 Å². The van der Waals surface area contributed by atoms with E-state index >= 15 is 0 Å². The van der Waals surface area contributed by atoms with Crippen molar-refractivity contribution in [3.05, 3.63) is 0 Å². The fourth-order valence-electron chi connectivity index (χ4n) is 2.14. The van der Waals surface area contributed by atoms with Crippen LogP contribution < -0.4 is 0 Å². The molecule has 0 radical (unpaired) electrons. The van der Waals surface area contributed by atoms with Crippen molar-refractivity contribution in [2.24, 2.45) is 5.92 Å². The zero-order chi connectivity index (χ0) is 9.10. The first kappa shape index (κ1) is 9.00. The highest BCUT2D eigenvalue weighted by molar-refractivity contribution is 5.82. The number of likely N-dealkylation sites (tertiary alicyclic amines) is 1. The Balaban J connectivity index is 1.87. The second-order valence-electron chi connectivity index (χ2n) is 3.99. The van der Waals surface area contributed by atoms with Gasteiger partial charge in [-0.1, -0.05) is 0 Å². The molecule has 0 aromatic rings. The van der Waals surface area contributed by atoms with Crippen LogP contribution in [0.5, 0.6) is 0 Å². The summed E-state index contributed by atoms with van der Waals surface area (Å²) in [5, 5.41) is 8.03. The molecule has 2 saturated heterocycles. The maximum Gasteiger partial charge on any atom is 0.101 e. The Labute approximate surface area is 79.6 Å². The van der Waals surface area contributed by atoms with Gasteiger partial charge < -0.3 is 9.64 Å². The van der Waals surface area contributed by atoms with Crippen LogP contribution in [0.4, 0.5) is 0 Å². The fraction of sp³-hybridized carbons (Fsp3) is 0.900. The normalized spacial score (nSPS) is 29.2. The molecule has 2 aliphatic heterocycles. The van der Waals surface area contributed by atoms with E-state index in [9.17, 15) is 0 Å². The molecule has 2 fully saturated rings. The van der Waals surface area contributed by atoms with Crippen molar-refractivity contribution in [1.82, 2.24) is 4.90 Å². The number of piperidine rings is 1. The first-order chi connectivity index (χ1) is 6.38. The first-order valence-corrected chi connectivity index (χ1v) is 5.29. The molecule has 1 N–H and O–H groups in total. The minimum Gasteiger partial charge on any atom is -0.381 e. The first-order valence-electron chi connectivity index (χ1n) is 5.29. The van der Waals surface area contributed by atoms with Crippen LogP contribution in [0.3, 0.4) is 0 Å². The Morgan fingerprint density at radius 1 is 1.23 bits per heavy atom. The number of ether oxygens (including phenoxy) is 1. The van der Waals surface area contributed by atoms with Crippen LogP contribution in [-0.2, 0) is 4.74 Å². The lowest BCUT2D eigenvalue weighted by Crippen LogP contribution is -2.39. The SMILES string of the molecule is N=C(C1CCOC1)N1CCCCC1. The predicted octanol–water partition coefficient (Wildman–Crippen LogP) is 1.49. The standard InChI is InChI=1S/C10H18N2O/c11-10(9-4-7-13-8-9)12-5-2-1-3-6-12/h9,11H,1-8H2. The van der Waals surface area contributed by atoms with E-state index in [-0.39, 0.29) is 0 Å². The van der Waals surface area contributed by atoms with Gasteiger partial charge in [0, 0.05) is 25.6 Å². The largest absolute Gasteiger partial charge is 0.381 e. The molecule has 1 atom stereocenters. The van der Waals surface area contributed by atoms with Crippen LogP contribution in [0.25, 0.3) is 0 Å². The molecule has 0 saturated carbocycles. The molecule has 2 rings (SSSR count). The summed E-state index contributed by atoms with van der Waals surface area (Å²) in [7, 11) is 0. The van der Waals surface area contributed by atoms with E-state index in [0.29, 0.717) is 5.92 Å². The van der Waals surface area contributed by atoms with E-state index in [2.05, 4.69) is 4.90 Å². The van der Waals surface area contributed by atoms with Crippen molar-refractivity contribution in [2.45, 2.75) is 25.7 Å². The van der Waals surface area contributed by atoms with Gasteiger partial charge in [0.15, 0.2) is 0 Å². The average molecular weight is 182 g/mol. The molecule has 0 bridgehead atoms. The molecular formula is C10H18N2O. The van der Waals surface area contributed by atoms with Gasteiger partial charge in [-0.2, -0.15) is 0 Å². The summed E-state index contributed by atoms with van der Waals surface area (Å²) >= 11 is 0. The van der Waals surface area contributed by atoms with Gasteiger partial charge in [-0.05, 0) is 25.7 Å². The summed E-state index contributed by atoms with van der Waals surface area (Å²) in [5.41, 5.74) is 0. The third-order valence-corrected chi connectivity index (χ3v) is 3.01. The maximum absolute atomic E-state index is 8.03. The van der Waals surface area contributed by atoms with E-state index < -0.39 is 0 Å². The zero-order valence-corrected chi connectivity index (χ0v) is 8.09. The molecule has 3 nitrogen and oxygen atoms in total. The van der Waals surface area contributed by atoms with Crippen LogP contribution in [0.2, 0.25) is 0 Å². The van der Waals surface area contributed by atoms with E-state index in [1.54, 1.807) is 0 Å². The molecule has 0 spiro atoms. The van der Waals surface area contributed by atoms with E-state index in [1.165, 1.54) is 19.3 Å². The Morgan fingerprint density at radius 2 is 2.00 bits per heavy atom. The van der Waals surface area contributed by atoms with E-state index in [4.69, 9.17) is 10.1 Å². The highest BCUT2D eigenvalue weighted by Crippen LogP contribution is 2.18. The summed E-state index contributed by atoms with van der Waals surface area (Å²) in [6.07, 6.45) is 4.91. The van der Waals surface area contributed by atoms with Gasteiger partial charge in [0.05, 0.1) is 6.61 Å². The zero-order valence-electron chi connectivity index (χ0n) is 8.09. The van der Waals surface area contributed by atoms with E-state index in [1.807, 2.05) is 0 Å². The van der Waals surface area contributed by atoms with Crippen LogP contribution in [0.1, 0.15) is 25.7 Å². The summed E-state index contributed by atoms with van der Waals surface area (Å²) in [5.74, 6) is 1.22. The molecule has 74 valence electrons. The van der Waals surface area contributed by atoms with Gasteiger partial charge in [0.1, 0.15) is 5.84 Å². The van der Waals surface area contributed by atoms with Crippen LogP contribution in [0, 0.1) is 11.3 Å². The number of hydrogen-bond donors (Lipinski definition) is 1. The lowest BCUT2D eigenvalue weighted by atomic mass is 10.0. The smallest absolute Gasteiger partial charge is 0.101 e. The number of nitrogens with zero attached hydrogens (tertiary/aromatic N) is 1. The second-order valence-corrected chi connectivity index (χ2v) is 3.99. The molecular weight excluding hydrogens is 164 g/mol. The monoisotopic (exact) mass is 182 g/mol. The molecule has 1 unspecified atom stereocenters. The van der Waals surface area contributed by atoms with Crippen LogP contribution in [-0.4, -0.2) is 37.0 Å². The van der Waals surface area contributed by atoms with Gasteiger partial charge >= 0.3 is 0 Å². The number of hydrogen-bond acceptors (Lipinski definition) is 2. The Hall–Kier alpha value is -0.570. The molecule has 13 heavy (non-hydrogen) atoms. The Kier molecular flexibility index (Phi) is 2.83. The second kappa shape index (κ2) is 4.09. The molecule has 0 aromatic carbocycles. The van der Waals surface area contributed by atoms with Crippen molar-refractivity contribution < 1.29 is 4.74 Å². The minimum atomic E-state index is 0.387. The molecule has 0 aromatic heterocycles. The lowest BCUT2D eigenvalue weighted by molar-refractivity contribution is 0.190. The number of nitrogens with one attached hydrogen (secondary N) is 1. The van der Waals surface area contributed by atoms with Crippen LogP contribution in [0.15, 0.2) is 0 Å². The number of amidine groups is 1. The Bertz CT molecular complexity index is 181. The number of rotatable bonds is 1. The maximum atomic E-state index is 8.03. The third-order valence-electron chi connectivity index (χ3n) is 3.01. The molecule has 0 aliphatic carbocycles. The topological polar surface area (TPSA) is 36.3 Å².